The smallest absolute Gasteiger partial charge is 0.242 e. The number of aromatic nitrogens is 2. The number of anilines is 2. The predicted octanol–water partition coefficient (Wildman–Crippen LogP) is 2.44. The maximum absolute atomic E-state index is 5.93. The van der Waals surface area contributed by atoms with Crippen LogP contribution in [0.15, 0.2) is 18.5 Å². The molecule has 18 heavy (non-hydrogen) atoms. The highest BCUT2D eigenvalue weighted by molar-refractivity contribution is 7.11. The summed E-state index contributed by atoms with van der Waals surface area (Å²) in [5.74, 6) is 1.04. The van der Waals surface area contributed by atoms with Gasteiger partial charge < -0.3 is 15.8 Å². The maximum atomic E-state index is 5.93. The van der Waals surface area contributed by atoms with Crippen molar-refractivity contribution in [2.75, 3.05) is 17.7 Å². The minimum atomic E-state index is 0.428. The van der Waals surface area contributed by atoms with Crippen molar-refractivity contribution in [3.8, 4) is 5.88 Å². The largest absolute Gasteiger partial charge is 0.476 e. The number of rotatable bonds is 5. The van der Waals surface area contributed by atoms with E-state index < -0.39 is 0 Å². The summed E-state index contributed by atoms with van der Waals surface area (Å²) in [6.07, 6.45) is 1.45. The lowest BCUT2D eigenvalue weighted by Crippen LogP contribution is -2.07. The van der Waals surface area contributed by atoms with Gasteiger partial charge in [-0.15, -0.1) is 11.3 Å². The van der Waals surface area contributed by atoms with Crippen molar-refractivity contribution in [2.24, 2.45) is 0 Å². The van der Waals surface area contributed by atoms with E-state index in [0.717, 1.165) is 0 Å². The predicted molar refractivity (Wildman–Crippen MR) is 74.0 cm³/mol. The summed E-state index contributed by atoms with van der Waals surface area (Å²) in [5.41, 5.74) is 6.38. The molecule has 5 nitrogen and oxygen atoms in total. The Morgan fingerprint density at radius 1 is 1.39 bits per heavy atom. The lowest BCUT2D eigenvalue weighted by Gasteiger charge is -2.10. The van der Waals surface area contributed by atoms with Crippen molar-refractivity contribution in [2.45, 2.75) is 20.4 Å². The van der Waals surface area contributed by atoms with Crippen LogP contribution >= 0.6 is 11.3 Å². The van der Waals surface area contributed by atoms with Crippen molar-refractivity contribution in [1.82, 2.24) is 9.97 Å². The molecule has 0 saturated heterocycles. The highest BCUT2D eigenvalue weighted by Crippen LogP contribution is 2.25. The number of ether oxygens (including phenoxy) is 1. The Morgan fingerprint density at radius 2 is 2.22 bits per heavy atom. The number of nitrogens with zero attached hydrogens (tertiary/aromatic N) is 2. The first-order chi connectivity index (χ1) is 8.70. The Labute approximate surface area is 110 Å². The van der Waals surface area contributed by atoms with Crippen LogP contribution in [-0.2, 0) is 6.54 Å². The molecule has 0 aromatic carbocycles. The number of thiophene rings is 1. The van der Waals surface area contributed by atoms with Crippen molar-refractivity contribution in [3.05, 3.63) is 28.2 Å². The second kappa shape index (κ2) is 5.68. The summed E-state index contributed by atoms with van der Waals surface area (Å²) in [7, 11) is 0. The summed E-state index contributed by atoms with van der Waals surface area (Å²) in [6, 6.07) is 4.18. The average molecular weight is 264 g/mol. The molecule has 0 saturated carbocycles. The number of nitrogens with one attached hydrogen (secondary N) is 1. The first-order valence-corrected chi connectivity index (χ1v) is 6.54. The molecule has 2 heterocycles. The van der Waals surface area contributed by atoms with Gasteiger partial charge in [0.1, 0.15) is 12.0 Å². The zero-order valence-corrected chi connectivity index (χ0v) is 11.3. The van der Waals surface area contributed by atoms with E-state index in [1.165, 1.54) is 16.1 Å². The summed E-state index contributed by atoms with van der Waals surface area (Å²) in [5, 5.41) is 3.20. The second-order valence-corrected chi connectivity index (χ2v) is 5.11. The molecule has 0 unspecified atom stereocenters. The fraction of sp³-hybridized carbons (Fsp3) is 0.333. The molecule has 2 rings (SSSR count). The van der Waals surface area contributed by atoms with Crippen molar-refractivity contribution >= 4 is 22.8 Å². The summed E-state index contributed by atoms with van der Waals surface area (Å²) in [6.45, 7) is 5.21. The van der Waals surface area contributed by atoms with Crippen LogP contribution in [0.4, 0.5) is 11.5 Å². The van der Waals surface area contributed by atoms with Gasteiger partial charge in [0.25, 0.3) is 0 Å². The molecular weight excluding hydrogens is 248 g/mol. The molecule has 0 aliphatic carbocycles. The van der Waals surface area contributed by atoms with Crippen LogP contribution in [0.25, 0.3) is 0 Å². The molecular formula is C12H16N4OS. The normalized spacial score (nSPS) is 10.3. The van der Waals surface area contributed by atoms with Gasteiger partial charge in [-0.05, 0) is 26.0 Å². The summed E-state index contributed by atoms with van der Waals surface area (Å²) in [4.78, 5) is 10.6. The zero-order valence-electron chi connectivity index (χ0n) is 10.4. The molecule has 0 spiro atoms. The molecule has 0 amide bonds. The molecule has 96 valence electrons. The SMILES string of the molecule is CCOc1ncnc(NCc2ccc(C)s2)c1N. The zero-order chi connectivity index (χ0) is 13.0. The molecule has 0 aliphatic heterocycles. The standard InChI is InChI=1S/C12H16N4OS/c1-3-17-12-10(13)11(15-7-16-12)14-6-9-5-4-8(2)18-9/h4-5,7H,3,6,13H2,1-2H3,(H,14,15,16). The summed E-state index contributed by atoms with van der Waals surface area (Å²) < 4.78 is 5.32. The van der Waals surface area contributed by atoms with Gasteiger partial charge in [0, 0.05) is 9.75 Å². The quantitative estimate of drug-likeness (QED) is 0.867. The fourth-order valence-corrected chi connectivity index (χ4v) is 2.35. The monoisotopic (exact) mass is 264 g/mol. The van der Waals surface area contributed by atoms with Crippen molar-refractivity contribution in [1.29, 1.82) is 0 Å². The van der Waals surface area contributed by atoms with E-state index >= 15 is 0 Å². The molecule has 0 bridgehead atoms. The number of nitrogen functional groups attached to an aromatic ring is 1. The minimum absolute atomic E-state index is 0.428. The maximum Gasteiger partial charge on any atom is 0.242 e. The first-order valence-electron chi connectivity index (χ1n) is 5.73. The van der Waals surface area contributed by atoms with E-state index in [1.807, 2.05) is 6.92 Å². The van der Waals surface area contributed by atoms with Crippen LogP contribution in [0, 0.1) is 6.92 Å². The Kier molecular flexibility index (Phi) is 3.99. The van der Waals surface area contributed by atoms with Crippen LogP contribution in [0.3, 0.4) is 0 Å². The molecule has 2 aromatic rings. The highest BCUT2D eigenvalue weighted by Gasteiger charge is 2.08. The molecule has 3 N–H and O–H groups in total. The van der Waals surface area contributed by atoms with Gasteiger partial charge in [0.2, 0.25) is 5.88 Å². The molecule has 2 aromatic heterocycles. The van der Waals surface area contributed by atoms with Crippen molar-refractivity contribution < 1.29 is 4.74 Å². The van der Waals surface area contributed by atoms with Crippen LogP contribution in [-0.4, -0.2) is 16.6 Å². The van der Waals surface area contributed by atoms with E-state index in [0.29, 0.717) is 30.5 Å². The van der Waals surface area contributed by atoms with Gasteiger partial charge in [-0.2, -0.15) is 4.98 Å². The third-order valence-electron chi connectivity index (χ3n) is 2.35. The highest BCUT2D eigenvalue weighted by atomic mass is 32.1. The lowest BCUT2D eigenvalue weighted by atomic mass is 10.4. The number of aryl methyl sites for hydroxylation is 1. The van der Waals surface area contributed by atoms with Crippen LogP contribution in [0.1, 0.15) is 16.7 Å². The summed E-state index contributed by atoms with van der Waals surface area (Å²) >= 11 is 1.75. The van der Waals surface area contributed by atoms with E-state index in [1.54, 1.807) is 11.3 Å². The Morgan fingerprint density at radius 3 is 2.89 bits per heavy atom. The molecule has 0 radical (unpaired) electrons. The first kappa shape index (κ1) is 12.6. The van der Waals surface area contributed by atoms with E-state index in [-0.39, 0.29) is 0 Å². The van der Waals surface area contributed by atoms with Gasteiger partial charge in [-0.25, -0.2) is 4.98 Å². The lowest BCUT2D eigenvalue weighted by molar-refractivity contribution is 0.328. The Hall–Kier alpha value is -1.82. The fourth-order valence-electron chi connectivity index (χ4n) is 1.52. The van der Waals surface area contributed by atoms with Gasteiger partial charge in [0.05, 0.1) is 13.2 Å². The number of nitrogens with two attached hydrogens (primary N) is 1. The third-order valence-corrected chi connectivity index (χ3v) is 3.36. The van der Waals surface area contributed by atoms with E-state index in [4.69, 9.17) is 10.5 Å². The van der Waals surface area contributed by atoms with E-state index in [9.17, 15) is 0 Å². The third kappa shape index (κ3) is 2.89. The van der Waals surface area contributed by atoms with Gasteiger partial charge in [0.15, 0.2) is 5.82 Å². The minimum Gasteiger partial charge on any atom is -0.476 e. The second-order valence-electron chi connectivity index (χ2n) is 3.74. The van der Waals surface area contributed by atoms with Gasteiger partial charge in [-0.1, -0.05) is 0 Å². The van der Waals surface area contributed by atoms with Gasteiger partial charge in [-0.3, -0.25) is 0 Å². The Balaban J connectivity index is 2.07. The molecule has 0 aliphatic rings. The molecule has 6 heteroatoms. The molecule has 0 fully saturated rings. The van der Waals surface area contributed by atoms with E-state index in [2.05, 4.69) is 34.3 Å². The topological polar surface area (TPSA) is 73.1 Å². The average Bonchev–Trinajstić information content (AvgIpc) is 2.77. The van der Waals surface area contributed by atoms with Crippen LogP contribution in [0.5, 0.6) is 5.88 Å². The van der Waals surface area contributed by atoms with Crippen LogP contribution in [0.2, 0.25) is 0 Å². The Bertz CT molecular complexity index is 527. The molecule has 0 atom stereocenters. The van der Waals surface area contributed by atoms with Crippen molar-refractivity contribution in [3.63, 3.8) is 0 Å². The number of hydrogen-bond acceptors (Lipinski definition) is 6. The van der Waals surface area contributed by atoms with Gasteiger partial charge >= 0.3 is 0 Å². The number of hydrogen-bond donors (Lipinski definition) is 2. The van der Waals surface area contributed by atoms with Crippen LogP contribution < -0.4 is 15.8 Å².